The molecule has 84 valence electrons. The van der Waals surface area contributed by atoms with Crippen molar-refractivity contribution in [3.63, 3.8) is 0 Å². The van der Waals surface area contributed by atoms with Gasteiger partial charge in [-0.05, 0) is 7.05 Å². The number of pyridine rings is 1. The second-order valence-corrected chi connectivity index (χ2v) is 3.59. The summed E-state index contributed by atoms with van der Waals surface area (Å²) in [5, 5.41) is 17.9. The molecule has 0 amide bonds. The lowest BCUT2D eigenvalue weighted by Crippen LogP contribution is -2.24. The van der Waals surface area contributed by atoms with Crippen LogP contribution in [0.15, 0.2) is 17.1 Å². The van der Waals surface area contributed by atoms with Gasteiger partial charge in [-0.1, -0.05) is 0 Å². The van der Waals surface area contributed by atoms with E-state index in [1.54, 1.807) is 11.6 Å². The van der Waals surface area contributed by atoms with Crippen LogP contribution < -0.4 is 5.43 Å². The van der Waals surface area contributed by atoms with Gasteiger partial charge in [-0.3, -0.25) is 9.69 Å². The van der Waals surface area contributed by atoms with Crippen LogP contribution in [0, 0.1) is 0 Å². The Bertz CT molecular complexity index is 387. The van der Waals surface area contributed by atoms with E-state index >= 15 is 0 Å². The molecule has 5 nitrogen and oxygen atoms in total. The van der Waals surface area contributed by atoms with Gasteiger partial charge in [-0.15, -0.1) is 0 Å². The predicted molar refractivity (Wildman–Crippen MR) is 56.8 cm³/mol. The van der Waals surface area contributed by atoms with Crippen molar-refractivity contribution in [3.8, 4) is 5.75 Å². The summed E-state index contributed by atoms with van der Waals surface area (Å²) in [6.45, 7) is 1.20. The van der Waals surface area contributed by atoms with Gasteiger partial charge in [0.25, 0.3) is 0 Å². The van der Waals surface area contributed by atoms with Crippen LogP contribution in [0.25, 0.3) is 0 Å². The van der Waals surface area contributed by atoms with Gasteiger partial charge < -0.3 is 14.8 Å². The van der Waals surface area contributed by atoms with E-state index in [0.29, 0.717) is 13.1 Å². The highest BCUT2D eigenvalue weighted by molar-refractivity contribution is 5.19. The second kappa shape index (κ2) is 4.95. The Morgan fingerprint density at radius 2 is 2.20 bits per heavy atom. The molecule has 1 aromatic heterocycles. The van der Waals surface area contributed by atoms with Gasteiger partial charge >= 0.3 is 0 Å². The molecular formula is C10H16N2O3. The maximum atomic E-state index is 11.2. The molecule has 0 bridgehead atoms. The molecule has 1 aromatic rings. The molecule has 0 saturated carbocycles. The third kappa shape index (κ3) is 3.07. The molecule has 0 atom stereocenters. The SMILES string of the molecule is CN(CCO)Cc1cc(=O)c(O)cn1C. The summed E-state index contributed by atoms with van der Waals surface area (Å²) < 4.78 is 1.70. The van der Waals surface area contributed by atoms with Crippen molar-refractivity contribution in [2.75, 3.05) is 20.2 Å². The Kier molecular flexibility index (Phi) is 3.88. The van der Waals surface area contributed by atoms with E-state index in [-0.39, 0.29) is 17.8 Å². The lowest BCUT2D eigenvalue weighted by atomic mass is 10.3. The van der Waals surface area contributed by atoms with Gasteiger partial charge in [0.05, 0.1) is 6.61 Å². The normalized spacial score (nSPS) is 10.9. The van der Waals surface area contributed by atoms with E-state index in [1.807, 2.05) is 11.9 Å². The average Bonchev–Trinajstić information content (AvgIpc) is 2.14. The molecule has 0 aromatic carbocycles. The van der Waals surface area contributed by atoms with Crippen LogP contribution in [-0.4, -0.2) is 39.9 Å². The summed E-state index contributed by atoms with van der Waals surface area (Å²) in [4.78, 5) is 13.1. The molecule has 0 unspecified atom stereocenters. The number of aliphatic hydroxyl groups is 1. The molecular weight excluding hydrogens is 196 g/mol. The fourth-order valence-electron chi connectivity index (χ4n) is 1.34. The van der Waals surface area contributed by atoms with Crippen LogP contribution in [0.5, 0.6) is 5.75 Å². The molecule has 2 N–H and O–H groups in total. The highest BCUT2D eigenvalue weighted by atomic mass is 16.3. The number of aliphatic hydroxyl groups excluding tert-OH is 1. The van der Waals surface area contributed by atoms with Gasteiger partial charge in [-0.25, -0.2) is 0 Å². The highest BCUT2D eigenvalue weighted by Gasteiger charge is 2.05. The summed E-state index contributed by atoms with van der Waals surface area (Å²) in [5.41, 5.74) is 0.425. The van der Waals surface area contributed by atoms with E-state index in [9.17, 15) is 9.90 Å². The van der Waals surface area contributed by atoms with Crippen molar-refractivity contribution >= 4 is 0 Å². The number of aryl methyl sites for hydroxylation is 1. The van der Waals surface area contributed by atoms with Crippen molar-refractivity contribution < 1.29 is 10.2 Å². The fourth-order valence-corrected chi connectivity index (χ4v) is 1.34. The summed E-state index contributed by atoms with van der Waals surface area (Å²) in [6.07, 6.45) is 1.39. The van der Waals surface area contributed by atoms with Crippen LogP contribution in [0.4, 0.5) is 0 Å². The Labute approximate surface area is 88.2 Å². The van der Waals surface area contributed by atoms with E-state index in [4.69, 9.17) is 5.11 Å². The van der Waals surface area contributed by atoms with E-state index in [1.165, 1.54) is 12.3 Å². The first-order valence-electron chi connectivity index (χ1n) is 4.72. The summed E-state index contributed by atoms with van der Waals surface area (Å²) >= 11 is 0. The third-order valence-corrected chi connectivity index (χ3v) is 2.23. The summed E-state index contributed by atoms with van der Waals surface area (Å²) in [6, 6.07) is 1.41. The molecule has 0 aliphatic carbocycles. The number of hydrogen-bond acceptors (Lipinski definition) is 4. The molecule has 0 aliphatic rings. The van der Waals surface area contributed by atoms with Gasteiger partial charge in [0, 0.05) is 38.1 Å². The second-order valence-electron chi connectivity index (χ2n) is 3.59. The van der Waals surface area contributed by atoms with Crippen LogP contribution in [-0.2, 0) is 13.6 Å². The zero-order valence-electron chi connectivity index (χ0n) is 8.97. The molecule has 0 aliphatic heterocycles. The smallest absolute Gasteiger partial charge is 0.223 e. The monoisotopic (exact) mass is 212 g/mol. The van der Waals surface area contributed by atoms with Crippen LogP contribution >= 0.6 is 0 Å². The van der Waals surface area contributed by atoms with Crippen molar-refractivity contribution in [2.45, 2.75) is 6.54 Å². The Balaban J connectivity index is 2.86. The van der Waals surface area contributed by atoms with Crippen molar-refractivity contribution in [2.24, 2.45) is 7.05 Å². The Hall–Kier alpha value is -1.33. The maximum Gasteiger partial charge on any atom is 0.223 e. The lowest BCUT2D eigenvalue weighted by Gasteiger charge is -2.17. The largest absolute Gasteiger partial charge is 0.503 e. The quantitative estimate of drug-likeness (QED) is 0.707. The van der Waals surface area contributed by atoms with E-state index in [0.717, 1.165) is 5.69 Å². The number of nitrogens with zero attached hydrogens (tertiary/aromatic N) is 2. The van der Waals surface area contributed by atoms with Crippen LogP contribution in [0.3, 0.4) is 0 Å². The Morgan fingerprint density at radius 3 is 2.80 bits per heavy atom. The number of hydrogen-bond donors (Lipinski definition) is 2. The molecule has 5 heteroatoms. The zero-order chi connectivity index (χ0) is 11.4. The van der Waals surface area contributed by atoms with E-state index in [2.05, 4.69) is 0 Å². The molecule has 15 heavy (non-hydrogen) atoms. The third-order valence-electron chi connectivity index (χ3n) is 2.23. The van der Waals surface area contributed by atoms with Crippen molar-refractivity contribution in [1.82, 2.24) is 9.47 Å². The van der Waals surface area contributed by atoms with Crippen molar-refractivity contribution in [1.29, 1.82) is 0 Å². The fraction of sp³-hybridized carbons (Fsp3) is 0.500. The highest BCUT2D eigenvalue weighted by Crippen LogP contribution is 2.05. The van der Waals surface area contributed by atoms with Crippen LogP contribution in [0.1, 0.15) is 5.69 Å². The Morgan fingerprint density at radius 1 is 1.53 bits per heavy atom. The first-order valence-corrected chi connectivity index (χ1v) is 4.72. The molecule has 0 fully saturated rings. The summed E-state index contributed by atoms with van der Waals surface area (Å²) in [5.74, 6) is -0.244. The van der Waals surface area contributed by atoms with Gasteiger partial charge in [0.1, 0.15) is 0 Å². The van der Waals surface area contributed by atoms with Crippen LogP contribution in [0.2, 0.25) is 0 Å². The minimum Gasteiger partial charge on any atom is -0.503 e. The number of aromatic hydroxyl groups is 1. The molecule has 0 radical (unpaired) electrons. The first kappa shape index (κ1) is 11.7. The maximum absolute atomic E-state index is 11.2. The lowest BCUT2D eigenvalue weighted by molar-refractivity contribution is 0.214. The van der Waals surface area contributed by atoms with Gasteiger partial charge in [0.2, 0.25) is 5.43 Å². The first-order chi connectivity index (χ1) is 7.04. The van der Waals surface area contributed by atoms with Gasteiger partial charge in [-0.2, -0.15) is 0 Å². The number of rotatable bonds is 4. The minimum absolute atomic E-state index is 0.0858. The average molecular weight is 212 g/mol. The van der Waals surface area contributed by atoms with E-state index < -0.39 is 0 Å². The molecule has 1 rings (SSSR count). The predicted octanol–water partition coefficient (Wildman–Crippen LogP) is -0.485. The molecule has 0 saturated heterocycles. The molecule has 0 spiro atoms. The summed E-state index contributed by atoms with van der Waals surface area (Å²) in [7, 11) is 3.62. The topological polar surface area (TPSA) is 65.7 Å². The number of likely N-dealkylation sites (N-methyl/N-ethyl adjacent to an activating group) is 1. The number of aromatic nitrogens is 1. The minimum atomic E-state index is -0.375. The molecule has 1 heterocycles. The zero-order valence-corrected chi connectivity index (χ0v) is 8.97. The van der Waals surface area contributed by atoms with Crippen molar-refractivity contribution in [3.05, 3.63) is 28.2 Å². The standard InChI is InChI=1S/C10H16N2O3/c1-11(3-4-13)6-8-5-9(14)10(15)7-12(8)2/h5,7,13,15H,3-4,6H2,1-2H3. The van der Waals surface area contributed by atoms with Gasteiger partial charge in [0.15, 0.2) is 5.75 Å².